The number of aromatic nitrogens is 2. The van der Waals surface area contributed by atoms with Gasteiger partial charge in [-0.1, -0.05) is 36.4 Å². The van der Waals surface area contributed by atoms with Gasteiger partial charge >= 0.3 is 0 Å². The summed E-state index contributed by atoms with van der Waals surface area (Å²) in [6, 6.07) is 17.2. The number of hydrogen-bond acceptors (Lipinski definition) is 5. The quantitative estimate of drug-likeness (QED) is 0.745. The lowest BCUT2D eigenvalue weighted by molar-refractivity contribution is 0.600. The Morgan fingerprint density at radius 1 is 1.00 bits per heavy atom. The summed E-state index contributed by atoms with van der Waals surface area (Å²) in [6.45, 7) is 1.87. The van der Waals surface area contributed by atoms with Gasteiger partial charge in [0, 0.05) is 24.4 Å². The topological polar surface area (TPSA) is 75.2 Å². The van der Waals surface area contributed by atoms with E-state index in [4.69, 9.17) is 0 Å². The largest absolute Gasteiger partial charge is 0.340 e. The van der Waals surface area contributed by atoms with Crippen LogP contribution in [0.3, 0.4) is 0 Å². The van der Waals surface area contributed by atoms with Crippen molar-refractivity contribution in [1.29, 1.82) is 0 Å². The Morgan fingerprint density at radius 3 is 2.42 bits per heavy atom. The number of anilines is 3. The molecule has 1 N–H and O–H groups in total. The highest BCUT2D eigenvalue weighted by molar-refractivity contribution is 7.92. The Bertz CT molecular complexity index is 1020. The van der Waals surface area contributed by atoms with Gasteiger partial charge in [-0.15, -0.1) is 0 Å². The number of aryl methyl sites for hydroxylation is 1. The molecule has 3 rings (SSSR count). The number of nitrogens with one attached hydrogen (secondary N) is 1. The number of hydrogen-bond donors (Lipinski definition) is 1. The van der Waals surface area contributed by atoms with E-state index in [-0.39, 0.29) is 0 Å². The van der Waals surface area contributed by atoms with Crippen molar-refractivity contribution >= 4 is 27.2 Å². The molecule has 0 aliphatic rings. The van der Waals surface area contributed by atoms with Gasteiger partial charge in [-0.3, -0.25) is 4.31 Å². The Labute approximate surface area is 153 Å². The molecule has 0 aliphatic heterocycles. The number of nitrogens with zero attached hydrogens (tertiary/aromatic N) is 3. The fourth-order valence-electron chi connectivity index (χ4n) is 2.55. The van der Waals surface area contributed by atoms with Gasteiger partial charge in [0.05, 0.1) is 17.6 Å². The molecule has 1 heterocycles. The van der Waals surface area contributed by atoms with E-state index in [1.807, 2.05) is 55.5 Å². The van der Waals surface area contributed by atoms with Crippen LogP contribution in [-0.2, 0) is 10.0 Å². The van der Waals surface area contributed by atoms with Crippen LogP contribution in [0.25, 0.3) is 11.3 Å². The second-order valence-corrected chi connectivity index (χ2v) is 8.03. The maximum absolute atomic E-state index is 11.8. The average molecular weight is 368 g/mol. The lowest BCUT2D eigenvalue weighted by Crippen LogP contribution is -2.25. The van der Waals surface area contributed by atoms with Gasteiger partial charge in [-0.2, -0.15) is 0 Å². The Balaban J connectivity index is 1.90. The third-order valence-corrected chi connectivity index (χ3v) is 5.25. The third-order valence-electron chi connectivity index (χ3n) is 4.05. The van der Waals surface area contributed by atoms with Crippen LogP contribution in [0.15, 0.2) is 60.9 Å². The molecular formula is C19H20N4O2S. The van der Waals surface area contributed by atoms with Crippen LogP contribution < -0.4 is 9.62 Å². The summed E-state index contributed by atoms with van der Waals surface area (Å²) in [7, 11) is -1.79. The lowest BCUT2D eigenvalue weighted by atomic mass is 10.1. The molecule has 0 saturated carbocycles. The van der Waals surface area contributed by atoms with E-state index in [0.29, 0.717) is 11.5 Å². The van der Waals surface area contributed by atoms with E-state index in [1.54, 1.807) is 13.1 Å². The van der Waals surface area contributed by atoms with Crippen LogP contribution in [0.5, 0.6) is 0 Å². The first-order valence-electron chi connectivity index (χ1n) is 8.03. The van der Waals surface area contributed by atoms with Gasteiger partial charge in [0.1, 0.15) is 12.1 Å². The molecule has 7 heteroatoms. The molecule has 1 aromatic heterocycles. The highest BCUT2D eigenvalue weighted by atomic mass is 32.2. The van der Waals surface area contributed by atoms with Crippen LogP contribution in [0.2, 0.25) is 0 Å². The second kappa shape index (κ2) is 7.13. The van der Waals surface area contributed by atoms with Crippen LogP contribution >= 0.6 is 0 Å². The number of benzene rings is 2. The van der Waals surface area contributed by atoms with Crippen molar-refractivity contribution in [2.45, 2.75) is 6.92 Å². The van der Waals surface area contributed by atoms with Gasteiger partial charge in [0.25, 0.3) is 0 Å². The summed E-state index contributed by atoms with van der Waals surface area (Å²) >= 11 is 0. The fourth-order valence-corrected chi connectivity index (χ4v) is 3.10. The van der Waals surface area contributed by atoms with E-state index < -0.39 is 10.0 Å². The van der Waals surface area contributed by atoms with Gasteiger partial charge in [0.15, 0.2) is 0 Å². The summed E-state index contributed by atoms with van der Waals surface area (Å²) < 4.78 is 24.9. The minimum absolute atomic E-state index is 0.620. The lowest BCUT2D eigenvalue weighted by Gasteiger charge is -2.20. The zero-order valence-electron chi connectivity index (χ0n) is 14.8. The molecule has 3 aromatic rings. The Hall–Kier alpha value is -2.93. The predicted octanol–water partition coefficient (Wildman–Crippen LogP) is 3.59. The minimum Gasteiger partial charge on any atom is -0.340 e. The zero-order valence-corrected chi connectivity index (χ0v) is 15.7. The van der Waals surface area contributed by atoms with Gasteiger partial charge < -0.3 is 5.32 Å². The normalized spacial score (nSPS) is 11.2. The highest BCUT2D eigenvalue weighted by Crippen LogP contribution is 2.27. The van der Waals surface area contributed by atoms with Gasteiger partial charge in [0.2, 0.25) is 10.0 Å². The van der Waals surface area contributed by atoms with Crippen molar-refractivity contribution in [2.75, 3.05) is 22.9 Å². The number of rotatable bonds is 5. The third kappa shape index (κ3) is 4.00. The molecule has 6 nitrogen and oxygen atoms in total. The monoisotopic (exact) mass is 368 g/mol. The van der Waals surface area contributed by atoms with E-state index in [0.717, 1.165) is 22.5 Å². The second-order valence-electron chi connectivity index (χ2n) is 6.01. The van der Waals surface area contributed by atoms with Crippen molar-refractivity contribution in [3.05, 3.63) is 66.5 Å². The van der Waals surface area contributed by atoms with E-state index in [2.05, 4.69) is 15.3 Å². The Kier molecular flexibility index (Phi) is 4.90. The minimum atomic E-state index is -3.33. The van der Waals surface area contributed by atoms with Gasteiger partial charge in [-0.05, 0) is 24.6 Å². The summed E-state index contributed by atoms with van der Waals surface area (Å²) in [6.07, 6.45) is 2.69. The SMILES string of the molecule is Cc1ccc(Nc2cc(-c3ccccc3)ncn2)cc1N(C)S(C)(=O)=O. The summed E-state index contributed by atoms with van der Waals surface area (Å²) in [5, 5.41) is 3.22. The molecule has 2 aromatic carbocycles. The maximum atomic E-state index is 11.8. The van der Waals surface area contributed by atoms with Crippen LogP contribution in [0, 0.1) is 6.92 Å². The van der Waals surface area contributed by atoms with Crippen molar-refractivity contribution in [3.63, 3.8) is 0 Å². The standard InChI is InChI=1S/C19H20N4O2S/c1-14-9-10-16(11-18(14)23(2)26(3,24)25)22-19-12-17(20-13-21-19)15-7-5-4-6-8-15/h4-13H,1-3H3,(H,20,21,22). The molecule has 0 spiro atoms. The molecule has 26 heavy (non-hydrogen) atoms. The van der Waals surface area contributed by atoms with E-state index in [1.165, 1.54) is 16.9 Å². The first-order chi connectivity index (χ1) is 12.3. The van der Waals surface area contributed by atoms with Gasteiger partial charge in [-0.25, -0.2) is 18.4 Å². The molecule has 0 atom stereocenters. The Morgan fingerprint density at radius 2 is 1.73 bits per heavy atom. The van der Waals surface area contributed by atoms with Crippen LogP contribution in [0.1, 0.15) is 5.56 Å². The molecular weight excluding hydrogens is 348 g/mol. The number of sulfonamides is 1. The first kappa shape index (κ1) is 17.9. The molecule has 0 unspecified atom stereocenters. The van der Waals surface area contributed by atoms with E-state index in [9.17, 15) is 8.42 Å². The smallest absolute Gasteiger partial charge is 0.232 e. The molecule has 0 amide bonds. The van der Waals surface area contributed by atoms with E-state index >= 15 is 0 Å². The molecule has 0 fully saturated rings. The van der Waals surface area contributed by atoms with Crippen molar-refractivity contribution in [2.24, 2.45) is 0 Å². The highest BCUT2D eigenvalue weighted by Gasteiger charge is 2.15. The van der Waals surface area contributed by atoms with Crippen LogP contribution in [-0.4, -0.2) is 31.7 Å². The summed E-state index contributed by atoms with van der Waals surface area (Å²) in [4.78, 5) is 8.56. The summed E-state index contributed by atoms with van der Waals surface area (Å²) in [5.41, 5.74) is 4.05. The molecule has 134 valence electrons. The molecule has 0 aliphatic carbocycles. The molecule has 0 saturated heterocycles. The molecule has 0 bridgehead atoms. The average Bonchev–Trinajstić information content (AvgIpc) is 2.63. The first-order valence-corrected chi connectivity index (χ1v) is 9.88. The summed E-state index contributed by atoms with van der Waals surface area (Å²) in [5.74, 6) is 0.635. The van der Waals surface area contributed by atoms with Crippen molar-refractivity contribution in [1.82, 2.24) is 9.97 Å². The fraction of sp³-hybridized carbons (Fsp3) is 0.158. The van der Waals surface area contributed by atoms with Crippen molar-refractivity contribution < 1.29 is 8.42 Å². The zero-order chi connectivity index (χ0) is 18.7. The van der Waals surface area contributed by atoms with Crippen LogP contribution in [0.4, 0.5) is 17.2 Å². The molecule has 0 radical (unpaired) electrons. The predicted molar refractivity (Wildman–Crippen MR) is 105 cm³/mol. The maximum Gasteiger partial charge on any atom is 0.232 e. The van der Waals surface area contributed by atoms with Crippen molar-refractivity contribution in [3.8, 4) is 11.3 Å².